The second-order valence-electron chi connectivity index (χ2n) is 4.07. The highest BCUT2D eigenvalue weighted by atomic mass is 32.2. The number of hydrogen-bond acceptors (Lipinski definition) is 4. The van der Waals surface area contributed by atoms with Gasteiger partial charge in [0.1, 0.15) is 10.7 Å². The molecule has 1 saturated carbocycles. The molecule has 5 nitrogen and oxygen atoms in total. The maximum absolute atomic E-state index is 11.9. The van der Waals surface area contributed by atoms with Crippen LogP contribution < -0.4 is 10.0 Å². The first kappa shape index (κ1) is 11.3. The van der Waals surface area contributed by atoms with E-state index >= 15 is 0 Å². The molecular formula is C10H15N3O2S. The van der Waals surface area contributed by atoms with Gasteiger partial charge in [-0.3, -0.25) is 0 Å². The first-order valence-electron chi connectivity index (χ1n) is 5.19. The lowest BCUT2D eigenvalue weighted by Crippen LogP contribution is -2.26. The molecule has 0 bridgehead atoms. The van der Waals surface area contributed by atoms with Crippen molar-refractivity contribution >= 4 is 15.8 Å². The van der Waals surface area contributed by atoms with Gasteiger partial charge in [-0.15, -0.1) is 0 Å². The van der Waals surface area contributed by atoms with Crippen LogP contribution in [0.2, 0.25) is 0 Å². The zero-order chi connectivity index (χ0) is 11.8. The maximum Gasteiger partial charge on any atom is 0.242 e. The van der Waals surface area contributed by atoms with Crippen molar-refractivity contribution in [1.29, 1.82) is 0 Å². The van der Waals surface area contributed by atoms with Crippen LogP contribution in [0.25, 0.3) is 0 Å². The molecule has 0 spiro atoms. The third-order valence-corrected chi connectivity index (χ3v) is 4.19. The summed E-state index contributed by atoms with van der Waals surface area (Å²) in [6, 6.07) is 3.29. The van der Waals surface area contributed by atoms with Crippen LogP contribution in [-0.4, -0.2) is 26.5 Å². The zero-order valence-corrected chi connectivity index (χ0v) is 10.1. The fraction of sp³-hybridized carbons (Fsp3) is 0.500. The molecule has 2 atom stereocenters. The van der Waals surface area contributed by atoms with Gasteiger partial charge in [0, 0.05) is 19.3 Å². The van der Waals surface area contributed by atoms with E-state index in [1.165, 1.54) is 6.20 Å². The Bertz CT molecular complexity index is 469. The quantitative estimate of drug-likeness (QED) is 0.818. The molecule has 2 N–H and O–H groups in total. The van der Waals surface area contributed by atoms with Gasteiger partial charge in [0.05, 0.1) is 0 Å². The molecule has 0 saturated heterocycles. The Hall–Kier alpha value is -1.14. The smallest absolute Gasteiger partial charge is 0.242 e. The summed E-state index contributed by atoms with van der Waals surface area (Å²) in [6.45, 7) is 2.02. The average Bonchev–Trinajstić information content (AvgIpc) is 2.93. The average molecular weight is 241 g/mol. The van der Waals surface area contributed by atoms with Crippen molar-refractivity contribution in [3.05, 3.63) is 18.3 Å². The normalized spacial score (nSPS) is 24.1. The van der Waals surface area contributed by atoms with Crippen molar-refractivity contribution in [3.8, 4) is 0 Å². The van der Waals surface area contributed by atoms with E-state index in [2.05, 4.69) is 15.0 Å². The van der Waals surface area contributed by atoms with E-state index in [9.17, 15) is 8.42 Å². The Morgan fingerprint density at radius 2 is 2.12 bits per heavy atom. The summed E-state index contributed by atoms with van der Waals surface area (Å²) in [5.41, 5.74) is 0. The maximum atomic E-state index is 11.9. The van der Waals surface area contributed by atoms with Crippen molar-refractivity contribution in [1.82, 2.24) is 9.71 Å². The highest BCUT2D eigenvalue weighted by Crippen LogP contribution is 2.30. The second-order valence-corrected chi connectivity index (χ2v) is 5.78. The Balaban J connectivity index is 2.15. The van der Waals surface area contributed by atoms with Gasteiger partial charge in [-0.1, -0.05) is 6.92 Å². The molecule has 2 rings (SSSR count). The summed E-state index contributed by atoms with van der Waals surface area (Å²) in [6.07, 6.45) is 2.28. The van der Waals surface area contributed by atoms with Crippen molar-refractivity contribution in [2.24, 2.45) is 5.92 Å². The third kappa shape index (κ3) is 2.33. The highest BCUT2D eigenvalue weighted by Gasteiger charge is 2.36. The molecule has 1 heterocycles. The van der Waals surface area contributed by atoms with Gasteiger partial charge in [0.15, 0.2) is 0 Å². The van der Waals surface area contributed by atoms with E-state index in [1.807, 2.05) is 6.92 Å². The van der Waals surface area contributed by atoms with Crippen LogP contribution >= 0.6 is 0 Å². The number of nitrogens with zero attached hydrogens (tertiary/aromatic N) is 1. The van der Waals surface area contributed by atoms with E-state index in [4.69, 9.17) is 0 Å². The molecule has 1 aromatic rings. The van der Waals surface area contributed by atoms with Gasteiger partial charge in [-0.2, -0.15) is 0 Å². The first-order valence-corrected chi connectivity index (χ1v) is 6.67. The first-order chi connectivity index (χ1) is 7.53. The monoisotopic (exact) mass is 241 g/mol. The summed E-state index contributed by atoms with van der Waals surface area (Å²) in [4.78, 5) is 4.19. The zero-order valence-electron chi connectivity index (χ0n) is 9.27. The van der Waals surface area contributed by atoms with Crippen LogP contribution in [0.1, 0.15) is 13.3 Å². The number of sulfonamides is 1. The minimum Gasteiger partial charge on any atom is -0.373 e. The van der Waals surface area contributed by atoms with E-state index < -0.39 is 10.0 Å². The standard InChI is InChI=1S/C10H15N3O2S/c1-7-5-9(7)13-16(14,15)8-3-4-10(11-2)12-6-8/h3-4,6-7,9,13H,5H2,1-2H3,(H,11,12). The topological polar surface area (TPSA) is 71.1 Å². The third-order valence-electron chi connectivity index (χ3n) is 2.72. The van der Waals surface area contributed by atoms with Gasteiger partial charge in [0.2, 0.25) is 10.0 Å². The lowest BCUT2D eigenvalue weighted by molar-refractivity contribution is 0.578. The molecule has 16 heavy (non-hydrogen) atoms. The van der Waals surface area contributed by atoms with Crippen LogP contribution in [-0.2, 0) is 10.0 Å². The molecule has 1 aliphatic carbocycles. The van der Waals surface area contributed by atoms with Gasteiger partial charge in [-0.05, 0) is 24.5 Å². The minimum absolute atomic E-state index is 0.0916. The van der Waals surface area contributed by atoms with Gasteiger partial charge >= 0.3 is 0 Å². The van der Waals surface area contributed by atoms with Crippen molar-refractivity contribution in [2.45, 2.75) is 24.3 Å². The largest absolute Gasteiger partial charge is 0.373 e. The molecule has 1 fully saturated rings. The van der Waals surface area contributed by atoms with Crippen LogP contribution in [0, 0.1) is 5.92 Å². The number of anilines is 1. The summed E-state index contributed by atoms with van der Waals surface area (Å²) in [7, 11) is -1.66. The lowest BCUT2D eigenvalue weighted by Gasteiger charge is -2.06. The van der Waals surface area contributed by atoms with Gasteiger partial charge in [0.25, 0.3) is 0 Å². The SMILES string of the molecule is CNc1ccc(S(=O)(=O)NC2CC2C)cn1. The summed E-state index contributed by atoms with van der Waals surface area (Å²) in [5, 5.41) is 2.84. The molecule has 0 amide bonds. The van der Waals surface area contributed by atoms with E-state index in [0.29, 0.717) is 11.7 Å². The Morgan fingerprint density at radius 1 is 1.44 bits per heavy atom. The Labute approximate surface area is 95.3 Å². The number of rotatable bonds is 4. The molecule has 0 aliphatic heterocycles. The van der Waals surface area contributed by atoms with Gasteiger partial charge in [-0.25, -0.2) is 18.1 Å². The minimum atomic E-state index is -3.40. The lowest BCUT2D eigenvalue weighted by atomic mass is 10.5. The van der Waals surface area contributed by atoms with Crippen molar-refractivity contribution < 1.29 is 8.42 Å². The van der Waals surface area contributed by atoms with E-state index in [1.54, 1.807) is 19.2 Å². The molecule has 2 unspecified atom stereocenters. The number of nitrogens with one attached hydrogen (secondary N) is 2. The summed E-state index contributed by atoms with van der Waals surface area (Å²) >= 11 is 0. The van der Waals surface area contributed by atoms with Crippen LogP contribution in [0.4, 0.5) is 5.82 Å². The molecule has 88 valence electrons. The van der Waals surface area contributed by atoms with E-state index in [-0.39, 0.29) is 10.9 Å². The highest BCUT2D eigenvalue weighted by molar-refractivity contribution is 7.89. The summed E-state index contributed by atoms with van der Waals surface area (Å²) < 4.78 is 26.4. The molecule has 0 radical (unpaired) electrons. The molecule has 1 aliphatic rings. The van der Waals surface area contributed by atoms with E-state index in [0.717, 1.165) is 6.42 Å². The van der Waals surface area contributed by atoms with Crippen LogP contribution in [0.3, 0.4) is 0 Å². The van der Waals surface area contributed by atoms with Gasteiger partial charge < -0.3 is 5.32 Å². The molecular weight excluding hydrogens is 226 g/mol. The predicted molar refractivity (Wildman–Crippen MR) is 61.7 cm³/mol. The number of hydrogen-bond donors (Lipinski definition) is 2. The molecule has 6 heteroatoms. The second kappa shape index (κ2) is 4.03. The fourth-order valence-electron chi connectivity index (χ4n) is 1.44. The number of pyridine rings is 1. The van der Waals surface area contributed by atoms with Crippen molar-refractivity contribution in [2.75, 3.05) is 12.4 Å². The Kier molecular flexibility index (Phi) is 2.86. The van der Waals surface area contributed by atoms with Crippen LogP contribution in [0.5, 0.6) is 0 Å². The summed E-state index contributed by atoms with van der Waals surface area (Å²) in [5.74, 6) is 1.10. The fourth-order valence-corrected chi connectivity index (χ4v) is 2.74. The molecule has 1 aromatic heterocycles. The molecule has 0 aromatic carbocycles. The predicted octanol–water partition coefficient (Wildman–Crippen LogP) is 0.810. The van der Waals surface area contributed by atoms with Crippen LogP contribution in [0.15, 0.2) is 23.2 Å². The Morgan fingerprint density at radius 3 is 2.56 bits per heavy atom. The number of aromatic nitrogens is 1. The van der Waals surface area contributed by atoms with Crippen molar-refractivity contribution in [3.63, 3.8) is 0 Å².